The molecule has 4 heteroatoms. The maximum Gasteiger partial charge on any atom is 0.407 e. The summed E-state index contributed by atoms with van der Waals surface area (Å²) >= 11 is 0. The lowest BCUT2D eigenvalue weighted by Crippen LogP contribution is -2.36. The van der Waals surface area contributed by atoms with E-state index in [2.05, 4.69) is 17.6 Å². The highest BCUT2D eigenvalue weighted by molar-refractivity contribution is 5.67. The molecule has 0 aromatic carbocycles. The molecule has 2 N–H and O–H groups in total. The number of rotatable bonds is 2. The van der Waals surface area contributed by atoms with Gasteiger partial charge in [-0.25, -0.2) is 4.79 Å². The van der Waals surface area contributed by atoms with Gasteiger partial charge in [-0.05, 0) is 45.7 Å². The lowest BCUT2D eigenvalue weighted by atomic mass is 9.98. The molecular formula is C11H22N2O2. The van der Waals surface area contributed by atoms with Gasteiger partial charge in [-0.15, -0.1) is 0 Å². The minimum Gasteiger partial charge on any atom is -0.444 e. The van der Waals surface area contributed by atoms with Gasteiger partial charge in [0, 0.05) is 6.54 Å². The van der Waals surface area contributed by atoms with Gasteiger partial charge in [-0.2, -0.15) is 0 Å². The number of carbonyl (C=O) groups is 1. The SMILES string of the molecule is CC1CNCC1CNC(=O)OC(C)(C)C. The predicted molar refractivity (Wildman–Crippen MR) is 59.8 cm³/mol. The van der Waals surface area contributed by atoms with Crippen LogP contribution in [-0.4, -0.2) is 31.3 Å². The van der Waals surface area contributed by atoms with Crippen molar-refractivity contribution in [3.8, 4) is 0 Å². The van der Waals surface area contributed by atoms with Crippen molar-refractivity contribution in [2.45, 2.75) is 33.3 Å². The van der Waals surface area contributed by atoms with Gasteiger partial charge in [0.25, 0.3) is 0 Å². The molecule has 0 aliphatic carbocycles. The topological polar surface area (TPSA) is 50.4 Å². The van der Waals surface area contributed by atoms with E-state index in [0.717, 1.165) is 13.1 Å². The summed E-state index contributed by atoms with van der Waals surface area (Å²) in [6.07, 6.45) is -0.318. The molecule has 0 radical (unpaired) electrons. The summed E-state index contributed by atoms with van der Waals surface area (Å²) in [5.74, 6) is 1.15. The average Bonchev–Trinajstić information content (AvgIpc) is 2.44. The van der Waals surface area contributed by atoms with Crippen LogP contribution in [0.5, 0.6) is 0 Å². The molecule has 1 amide bonds. The van der Waals surface area contributed by atoms with Gasteiger partial charge in [0.15, 0.2) is 0 Å². The van der Waals surface area contributed by atoms with Crippen LogP contribution in [0.2, 0.25) is 0 Å². The molecule has 0 aromatic heterocycles. The Balaban J connectivity index is 2.22. The van der Waals surface area contributed by atoms with E-state index >= 15 is 0 Å². The summed E-state index contributed by atoms with van der Waals surface area (Å²) in [4.78, 5) is 11.4. The summed E-state index contributed by atoms with van der Waals surface area (Å²) in [6.45, 7) is 10.5. The zero-order valence-electron chi connectivity index (χ0n) is 10.1. The molecule has 2 unspecified atom stereocenters. The summed E-state index contributed by atoms with van der Waals surface area (Å²) in [7, 11) is 0. The van der Waals surface area contributed by atoms with Crippen molar-refractivity contribution in [3.05, 3.63) is 0 Å². The van der Waals surface area contributed by atoms with Crippen LogP contribution < -0.4 is 10.6 Å². The van der Waals surface area contributed by atoms with E-state index in [9.17, 15) is 4.79 Å². The first kappa shape index (κ1) is 12.3. The molecular weight excluding hydrogens is 192 g/mol. The minimum atomic E-state index is -0.413. The zero-order chi connectivity index (χ0) is 11.5. The Morgan fingerprint density at radius 1 is 1.47 bits per heavy atom. The molecule has 2 atom stereocenters. The Morgan fingerprint density at radius 3 is 2.60 bits per heavy atom. The van der Waals surface area contributed by atoms with Crippen molar-refractivity contribution in [2.75, 3.05) is 19.6 Å². The number of alkyl carbamates (subject to hydrolysis) is 1. The first-order valence-corrected chi connectivity index (χ1v) is 5.56. The summed E-state index contributed by atoms with van der Waals surface area (Å²) < 4.78 is 5.16. The van der Waals surface area contributed by atoms with Crippen molar-refractivity contribution in [1.29, 1.82) is 0 Å². The number of hydrogen-bond acceptors (Lipinski definition) is 3. The molecule has 15 heavy (non-hydrogen) atoms. The van der Waals surface area contributed by atoms with Gasteiger partial charge in [0.2, 0.25) is 0 Å². The quantitative estimate of drug-likeness (QED) is 0.730. The Hall–Kier alpha value is -0.770. The zero-order valence-corrected chi connectivity index (χ0v) is 10.1. The number of hydrogen-bond donors (Lipinski definition) is 2. The Bertz CT molecular complexity index is 223. The fourth-order valence-corrected chi connectivity index (χ4v) is 1.67. The maximum atomic E-state index is 11.4. The molecule has 0 spiro atoms. The Labute approximate surface area is 91.8 Å². The fraction of sp³-hybridized carbons (Fsp3) is 0.909. The largest absolute Gasteiger partial charge is 0.444 e. The number of amides is 1. The van der Waals surface area contributed by atoms with E-state index in [1.54, 1.807) is 0 Å². The average molecular weight is 214 g/mol. The van der Waals surface area contributed by atoms with E-state index in [-0.39, 0.29) is 6.09 Å². The summed E-state index contributed by atoms with van der Waals surface area (Å²) in [5.41, 5.74) is -0.413. The maximum absolute atomic E-state index is 11.4. The first-order valence-electron chi connectivity index (χ1n) is 5.56. The van der Waals surface area contributed by atoms with E-state index in [0.29, 0.717) is 18.4 Å². The van der Waals surface area contributed by atoms with Crippen LogP contribution in [0.3, 0.4) is 0 Å². The third-order valence-electron chi connectivity index (χ3n) is 2.59. The predicted octanol–water partition coefficient (Wildman–Crippen LogP) is 1.37. The second-order valence-corrected chi connectivity index (χ2v) is 5.28. The van der Waals surface area contributed by atoms with Gasteiger partial charge in [0.1, 0.15) is 5.60 Å². The highest BCUT2D eigenvalue weighted by Crippen LogP contribution is 2.14. The molecule has 1 fully saturated rings. The van der Waals surface area contributed by atoms with Crippen LogP contribution in [0.25, 0.3) is 0 Å². The standard InChI is InChI=1S/C11H22N2O2/c1-8-5-12-6-9(8)7-13-10(14)15-11(2,3)4/h8-9,12H,5-7H2,1-4H3,(H,13,14). The molecule has 1 aliphatic heterocycles. The Kier molecular flexibility index (Phi) is 3.97. The third kappa shape index (κ3) is 4.51. The van der Waals surface area contributed by atoms with Crippen LogP contribution in [0.4, 0.5) is 4.79 Å². The van der Waals surface area contributed by atoms with Crippen LogP contribution in [0.1, 0.15) is 27.7 Å². The van der Waals surface area contributed by atoms with Crippen LogP contribution in [0, 0.1) is 11.8 Å². The molecule has 0 aromatic rings. The number of ether oxygens (including phenoxy) is 1. The van der Waals surface area contributed by atoms with Gasteiger partial charge >= 0.3 is 6.09 Å². The molecule has 0 saturated carbocycles. The van der Waals surface area contributed by atoms with E-state index in [1.165, 1.54) is 0 Å². The Morgan fingerprint density at radius 2 is 2.13 bits per heavy atom. The van der Waals surface area contributed by atoms with Crippen molar-refractivity contribution in [3.63, 3.8) is 0 Å². The lowest BCUT2D eigenvalue weighted by Gasteiger charge is -2.21. The smallest absolute Gasteiger partial charge is 0.407 e. The summed E-state index contributed by atoms with van der Waals surface area (Å²) in [6, 6.07) is 0. The van der Waals surface area contributed by atoms with Crippen molar-refractivity contribution >= 4 is 6.09 Å². The monoisotopic (exact) mass is 214 g/mol. The van der Waals surface area contributed by atoms with Crippen molar-refractivity contribution < 1.29 is 9.53 Å². The van der Waals surface area contributed by atoms with Crippen molar-refractivity contribution in [1.82, 2.24) is 10.6 Å². The van der Waals surface area contributed by atoms with Gasteiger partial charge in [0.05, 0.1) is 0 Å². The number of nitrogens with one attached hydrogen (secondary N) is 2. The van der Waals surface area contributed by atoms with E-state index < -0.39 is 5.60 Å². The van der Waals surface area contributed by atoms with Gasteiger partial charge < -0.3 is 15.4 Å². The molecule has 4 nitrogen and oxygen atoms in total. The highest BCUT2D eigenvalue weighted by atomic mass is 16.6. The van der Waals surface area contributed by atoms with Crippen molar-refractivity contribution in [2.24, 2.45) is 11.8 Å². The first-order chi connectivity index (χ1) is 6.88. The van der Waals surface area contributed by atoms with Gasteiger partial charge in [-0.3, -0.25) is 0 Å². The fourth-order valence-electron chi connectivity index (χ4n) is 1.67. The van der Waals surface area contributed by atoms with Crippen LogP contribution >= 0.6 is 0 Å². The van der Waals surface area contributed by atoms with Crippen LogP contribution in [0.15, 0.2) is 0 Å². The normalized spacial score (nSPS) is 26.4. The summed E-state index contributed by atoms with van der Waals surface area (Å²) in [5, 5.41) is 6.11. The lowest BCUT2D eigenvalue weighted by molar-refractivity contribution is 0.0518. The molecule has 0 bridgehead atoms. The number of carbonyl (C=O) groups excluding carboxylic acids is 1. The van der Waals surface area contributed by atoms with E-state index in [1.807, 2.05) is 20.8 Å². The second kappa shape index (κ2) is 4.84. The molecule has 1 saturated heterocycles. The molecule has 1 aliphatic rings. The minimum absolute atomic E-state index is 0.318. The third-order valence-corrected chi connectivity index (χ3v) is 2.59. The van der Waals surface area contributed by atoms with Crippen LogP contribution in [-0.2, 0) is 4.74 Å². The molecule has 88 valence electrons. The second-order valence-electron chi connectivity index (χ2n) is 5.28. The molecule has 1 heterocycles. The van der Waals surface area contributed by atoms with E-state index in [4.69, 9.17) is 4.74 Å². The molecule has 1 rings (SSSR count). The highest BCUT2D eigenvalue weighted by Gasteiger charge is 2.24. The van der Waals surface area contributed by atoms with Gasteiger partial charge in [-0.1, -0.05) is 6.92 Å².